The van der Waals surface area contributed by atoms with Gasteiger partial charge in [0.25, 0.3) is 0 Å². The van der Waals surface area contributed by atoms with E-state index in [0.717, 1.165) is 0 Å². The minimum atomic E-state index is -1.17. The summed E-state index contributed by atoms with van der Waals surface area (Å²) in [7, 11) is 0. The fraction of sp³-hybridized carbons (Fsp3) is 0.211. The van der Waals surface area contributed by atoms with Gasteiger partial charge in [0.05, 0.1) is 13.2 Å². The van der Waals surface area contributed by atoms with Crippen LogP contribution in [0.1, 0.15) is 60.5 Å². The number of esters is 4. The maximum atomic E-state index is 11.1. The molecule has 14 heteroatoms. The van der Waals surface area contributed by atoms with Gasteiger partial charge in [-0.15, -0.1) is 0 Å². The molecule has 2 N–H and O–H groups in total. The van der Waals surface area contributed by atoms with Gasteiger partial charge in [-0.2, -0.15) is 0 Å². The molecule has 4 aromatic carbocycles. The van der Waals surface area contributed by atoms with Gasteiger partial charge in [0.1, 0.15) is 0 Å². The average molecular weight is 717 g/mol. The molecule has 2 aliphatic rings. The fourth-order valence-electron chi connectivity index (χ4n) is 4.26. The lowest BCUT2D eigenvalue weighted by Gasteiger charge is -2.08. The first-order valence-electron chi connectivity index (χ1n) is 15.8. The van der Waals surface area contributed by atoms with Crippen molar-refractivity contribution >= 4 is 36.2 Å². The Morgan fingerprint density at radius 1 is 0.538 bits per heavy atom. The maximum absolute atomic E-state index is 11.1. The Bertz CT molecular complexity index is 1620. The van der Waals surface area contributed by atoms with Crippen molar-refractivity contribution in [2.45, 2.75) is 38.3 Å². The van der Waals surface area contributed by atoms with Crippen molar-refractivity contribution in [3.63, 3.8) is 0 Å². The van der Waals surface area contributed by atoms with E-state index in [1.807, 2.05) is 24.3 Å². The van der Waals surface area contributed by atoms with E-state index in [0.29, 0.717) is 22.3 Å². The van der Waals surface area contributed by atoms with Crippen molar-refractivity contribution in [2.75, 3.05) is 13.2 Å². The summed E-state index contributed by atoms with van der Waals surface area (Å²) in [5.41, 5.74) is 2.36. The molecule has 0 aromatic heterocycles. The van der Waals surface area contributed by atoms with Gasteiger partial charge in [0.15, 0.2) is 12.2 Å². The zero-order valence-electron chi connectivity index (χ0n) is 28.1. The minimum Gasteiger partial charge on any atom is -0.464 e. The van der Waals surface area contributed by atoms with E-state index in [4.69, 9.17) is 0 Å². The number of aliphatic hydroxyl groups is 2. The largest absolute Gasteiger partial charge is 0.517 e. The Morgan fingerprint density at radius 2 is 0.827 bits per heavy atom. The van der Waals surface area contributed by atoms with Crippen LogP contribution in [-0.2, 0) is 47.6 Å². The molecule has 2 aliphatic heterocycles. The van der Waals surface area contributed by atoms with E-state index in [9.17, 15) is 39.0 Å². The van der Waals surface area contributed by atoms with Gasteiger partial charge in [-0.3, -0.25) is 0 Å². The SMILES string of the molecule is CCOC(=O)C(O)c1ccccc1.CCOC(=O)C(O)c1ccccc1.O=C1OC(=O)[C@@H](c2ccccc2)O1.O=C1OC(=O)[C@H](c2ccccc2)O1. The van der Waals surface area contributed by atoms with Crippen molar-refractivity contribution in [3.8, 4) is 0 Å². The molecular formula is C38H36O14. The van der Waals surface area contributed by atoms with Crippen LogP contribution >= 0.6 is 0 Å². The van der Waals surface area contributed by atoms with Crippen LogP contribution in [0.5, 0.6) is 0 Å². The molecule has 2 fully saturated rings. The lowest BCUT2D eigenvalue weighted by atomic mass is 10.1. The van der Waals surface area contributed by atoms with Gasteiger partial charge in [-0.25, -0.2) is 28.8 Å². The molecule has 6 rings (SSSR count). The quantitative estimate of drug-likeness (QED) is 0.133. The highest BCUT2D eigenvalue weighted by Gasteiger charge is 2.37. The number of hydrogen-bond acceptors (Lipinski definition) is 14. The number of ether oxygens (including phenoxy) is 6. The summed E-state index contributed by atoms with van der Waals surface area (Å²) in [6.45, 7) is 3.97. The van der Waals surface area contributed by atoms with Crippen LogP contribution in [0.3, 0.4) is 0 Å². The lowest BCUT2D eigenvalue weighted by molar-refractivity contribution is -0.154. The molecule has 0 amide bonds. The zero-order valence-corrected chi connectivity index (χ0v) is 28.1. The molecule has 52 heavy (non-hydrogen) atoms. The van der Waals surface area contributed by atoms with E-state index in [-0.39, 0.29) is 13.2 Å². The van der Waals surface area contributed by atoms with Gasteiger partial charge < -0.3 is 38.6 Å². The molecule has 0 saturated carbocycles. The standard InChI is InChI=1S/2C10H12O3.2C9H6O4/c2*1-2-13-10(12)9(11)8-6-4-3-5-7-8;2*10-8-7(12-9(11)13-8)6-4-2-1-3-5-6/h2*3-7,9,11H,2H2,1H3;2*1-5,7H/t;;2*7-/m..10/s1. The van der Waals surface area contributed by atoms with Gasteiger partial charge in [0.2, 0.25) is 12.2 Å². The van der Waals surface area contributed by atoms with E-state index >= 15 is 0 Å². The number of benzene rings is 4. The predicted molar refractivity (Wildman–Crippen MR) is 180 cm³/mol. The van der Waals surface area contributed by atoms with Crippen LogP contribution in [0, 0.1) is 0 Å². The van der Waals surface area contributed by atoms with Gasteiger partial charge in [-0.1, -0.05) is 121 Å². The van der Waals surface area contributed by atoms with E-state index < -0.39 is 60.6 Å². The number of hydrogen-bond donors (Lipinski definition) is 2. The first-order chi connectivity index (χ1) is 25.0. The van der Waals surface area contributed by atoms with Crippen LogP contribution in [-0.4, -0.2) is 59.6 Å². The highest BCUT2D eigenvalue weighted by molar-refractivity contribution is 5.92. The second-order valence-electron chi connectivity index (χ2n) is 10.3. The highest BCUT2D eigenvalue weighted by Crippen LogP contribution is 2.25. The molecule has 272 valence electrons. The van der Waals surface area contributed by atoms with Crippen molar-refractivity contribution in [3.05, 3.63) is 144 Å². The normalized spacial score (nSPS) is 16.6. The number of rotatable bonds is 8. The summed E-state index contributed by atoms with van der Waals surface area (Å²) in [5, 5.41) is 18.9. The topological polar surface area (TPSA) is 198 Å². The first kappa shape index (κ1) is 40.1. The fourth-order valence-corrected chi connectivity index (χ4v) is 4.26. The monoisotopic (exact) mass is 716 g/mol. The van der Waals surface area contributed by atoms with E-state index in [2.05, 4.69) is 28.4 Å². The molecule has 0 aliphatic carbocycles. The summed E-state index contributed by atoms with van der Waals surface area (Å²) in [4.78, 5) is 65.3. The predicted octanol–water partition coefficient (Wildman–Crippen LogP) is 5.41. The minimum absolute atomic E-state index is 0.280. The van der Waals surface area contributed by atoms with Crippen molar-refractivity contribution in [2.24, 2.45) is 0 Å². The molecular weight excluding hydrogens is 680 g/mol. The van der Waals surface area contributed by atoms with Crippen LogP contribution in [0.2, 0.25) is 0 Å². The Kier molecular flexibility index (Phi) is 16.2. The summed E-state index contributed by atoms with van der Waals surface area (Å²) in [5.74, 6) is -2.52. The number of carbonyl (C=O) groups excluding carboxylic acids is 6. The average Bonchev–Trinajstić information content (AvgIpc) is 3.71. The molecule has 0 spiro atoms. The second kappa shape index (κ2) is 21.0. The molecule has 2 heterocycles. The summed E-state index contributed by atoms with van der Waals surface area (Å²) >= 11 is 0. The van der Waals surface area contributed by atoms with E-state index in [1.165, 1.54) is 0 Å². The second-order valence-corrected chi connectivity index (χ2v) is 10.3. The number of carbonyl (C=O) groups is 6. The van der Waals surface area contributed by atoms with Crippen molar-refractivity contribution in [1.29, 1.82) is 0 Å². The maximum Gasteiger partial charge on any atom is 0.517 e. The summed E-state index contributed by atoms with van der Waals surface area (Å²) in [6.07, 6.45) is -5.98. The molecule has 0 radical (unpaired) electrons. The third-order valence-electron chi connectivity index (χ3n) is 6.68. The van der Waals surface area contributed by atoms with Gasteiger partial charge in [0, 0.05) is 11.1 Å². The summed E-state index contributed by atoms with van der Waals surface area (Å²) in [6, 6.07) is 34.9. The molecule has 4 atom stereocenters. The molecule has 2 saturated heterocycles. The lowest BCUT2D eigenvalue weighted by Crippen LogP contribution is -2.15. The Labute approximate surface area is 298 Å². The van der Waals surface area contributed by atoms with Gasteiger partial charge >= 0.3 is 36.2 Å². The highest BCUT2D eigenvalue weighted by atomic mass is 16.8. The third kappa shape index (κ3) is 12.5. The first-order valence-corrected chi connectivity index (χ1v) is 15.8. The summed E-state index contributed by atoms with van der Waals surface area (Å²) < 4.78 is 27.1. The smallest absolute Gasteiger partial charge is 0.464 e. The van der Waals surface area contributed by atoms with Crippen LogP contribution in [0.4, 0.5) is 9.59 Å². The Balaban J connectivity index is 0.000000187. The molecule has 4 aromatic rings. The zero-order chi connectivity index (χ0) is 37.9. The Morgan fingerprint density at radius 3 is 1.08 bits per heavy atom. The van der Waals surface area contributed by atoms with Crippen LogP contribution in [0.25, 0.3) is 0 Å². The van der Waals surface area contributed by atoms with Crippen molar-refractivity contribution in [1.82, 2.24) is 0 Å². The van der Waals surface area contributed by atoms with E-state index in [1.54, 1.807) is 111 Å². The third-order valence-corrected chi connectivity index (χ3v) is 6.68. The Hall–Kier alpha value is -6.38. The molecule has 14 nitrogen and oxygen atoms in total. The number of cyclic esters (lactones) is 6. The molecule has 0 bridgehead atoms. The number of aliphatic hydroxyl groups excluding tert-OH is 2. The van der Waals surface area contributed by atoms with Crippen LogP contribution in [0.15, 0.2) is 121 Å². The van der Waals surface area contributed by atoms with Gasteiger partial charge in [-0.05, 0) is 25.0 Å². The van der Waals surface area contributed by atoms with Crippen LogP contribution < -0.4 is 0 Å². The van der Waals surface area contributed by atoms with Crippen molar-refractivity contribution < 1.29 is 67.4 Å². The molecule has 2 unspecified atom stereocenters.